The Morgan fingerprint density at radius 3 is 2.78 bits per heavy atom. The minimum Gasteiger partial charge on any atom is -0.341 e. The van der Waals surface area contributed by atoms with Crippen LogP contribution in [0.5, 0.6) is 0 Å². The van der Waals surface area contributed by atoms with Gasteiger partial charge in [0.1, 0.15) is 11.7 Å². The van der Waals surface area contributed by atoms with Crippen LogP contribution < -0.4 is 10.6 Å². The zero-order valence-corrected chi connectivity index (χ0v) is 14.5. The summed E-state index contributed by atoms with van der Waals surface area (Å²) in [6, 6.07) is 8.37. The Balaban J connectivity index is 2.48. The van der Waals surface area contributed by atoms with Crippen LogP contribution in [0.25, 0.3) is 5.70 Å². The highest BCUT2D eigenvalue weighted by Gasteiger charge is 2.20. The van der Waals surface area contributed by atoms with Crippen LogP contribution in [0.4, 0.5) is 0 Å². The molecule has 1 aliphatic heterocycles. The van der Waals surface area contributed by atoms with Crippen molar-refractivity contribution in [3.8, 4) is 0 Å². The Morgan fingerprint density at radius 1 is 1.39 bits per heavy atom. The Bertz CT molecular complexity index is 668. The van der Waals surface area contributed by atoms with E-state index in [2.05, 4.69) is 66.3 Å². The van der Waals surface area contributed by atoms with Crippen molar-refractivity contribution in [2.45, 2.75) is 13.8 Å². The molecule has 4 heteroatoms. The minimum atomic E-state index is 0.744. The largest absolute Gasteiger partial charge is 0.341 e. The molecular weight excluding hydrogens is 284 g/mol. The molecule has 122 valence electrons. The Kier molecular flexibility index (Phi) is 5.77. The van der Waals surface area contributed by atoms with E-state index >= 15 is 0 Å². The lowest BCUT2D eigenvalue weighted by atomic mass is 10.0. The van der Waals surface area contributed by atoms with E-state index in [9.17, 15) is 0 Å². The topological polar surface area (TPSA) is 39.7 Å². The van der Waals surface area contributed by atoms with E-state index in [0.29, 0.717) is 0 Å². The highest BCUT2D eigenvalue weighted by Crippen LogP contribution is 2.24. The maximum atomic E-state index is 4.72. The van der Waals surface area contributed by atoms with Crippen molar-refractivity contribution in [1.29, 1.82) is 0 Å². The molecule has 0 spiro atoms. The molecule has 0 saturated carbocycles. The van der Waals surface area contributed by atoms with Gasteiger partial charge >= 0.3 is 0 Å². The van der Waals surface area contributed by atoms with E-state index in [0.717, 1.165) is 36.0 Å². The molecular formula is C19H26N4. The number of allylic oxidation sites excluding steroid dienone is 2. The fourth-order valence-electron chi connectivity index (χ4n) is 2.50. The predicted octanol–water partition coefficient (Wildman–Crippen LogP) is 2.91. The van der Waals surface area contributed by atoms with Gasteiger partial charge in [0.15, 0.2) is 0 Å². The number of hydrogen-bond acceptors (Lipinski definition) is 3. The number of hydrogen-bond donors (Lipinski definition) is 2. The Morgan fingerprint density at radius 2 is 2.13 bits per heavy atom. The van der Waals surface area contributed by atoms with Crippen molar-refractivity contribution >= 4 is 11.5 Å². The van der Waals surface area contributed by atoms with E-state index in [1.807, 2.05) is 20.2 Å². The first kappa shape index (κ1) is 17.0. The second-order valence-electron chi connectivity index (χ2n) is 5.64. The van der Waals surface area contributed by atoms with Crippen molar-refractivity contribution in [3.63, 3.8) is 0 Å². The second kappa shape index (κ2) is 7.79. The van der Waals surface area contributed by atoms with Gasteiger partial charge in [-0.25, -0.2) is 0 Å². The lowest BCUT2D eigenvalue weighted by Crippen LogP contribution is -2.38. The third-order valence-electron chi connectivity index (χ3n) is 3.96. The molecule has 0 radical (unpaired) electrons. The summed E-state index contributed by atoms with van der Waals surface area (Å²) >= 11 is 0. The molecule has 0 amide bonds. The fraction of sp³-hybridized carbons (Fsp3) is 0.316. The Labute approximate surface area is 139 Å². The summed E-state index contributed by atoms with van der Waals surface area (Å²) in [7, 11) is 3.97. The number of likely N-dealkylation sites (N-methyl/N-ethyl adjacent to an activating group) is 2. The number of aryl methyl sites for hydroxylation is 1. The van der Waals surface area contributed by atoms with Crippen LogP contribution in [-0.4, -0.2) is 37.9 Å². The molecule has 0 saturated heterocycles. The second-order valence-corrected chi connectivity index (χ2v) is 5.64. The summed E-state index contributed by atoms with van der Waals surface area (Å²) in [5.74, 6) is 1.97. The van der Waals surface area contributed by atoms with Crippen LogP contribution >= 0.6 is 0 Å². The highest BCUT2D eigenvalue weighted by atomic mass is 15.3. The van der Waals surface area contributed by atoms with Gasteiger partial charge in [-0.1, -0.05) is 36.9 Å². The van der Waals surface area contributed by atoms with Crippen molar-refractivity contribution in [2.75, 3.05) is 27.2 Å². The molecule has 0 atom stereocenters. The number of nitrogens with zero attached hydrogens (tertiary/aromatic N) is 2. The number of nitrogens with one attached hydrogen (secondary N) is 2. The summed E-state index contributed by atoms with van der Waals surface area (Å²) in [4.78, 5) is 6.80. The SMILES string of the molecule is C=C/C(C)=C1/NC(c2ccccc2C)=CC(=NCCNC)N1C. The van der Waals surface area contributed by atoms with Gasteiger partial charge in [-0.3, -0.25) is 4.99 Å². The molecule has 0 aromatic heterocycles. The van der Waals surface area contributed by atoms with Gasteiger partial charge in [-0.15, -0.1) is 0 Å². The number of aliphatic imine (C=N–C) groups is 1. The van der Waals surface area contributed by atoms with Gasteiger partial charge < -0.3 is 15.5 Å². The fourth-order valence-corrected chi connectivity index (χ4v) is 2.50. The monoisotopic (exact) mass is 310 g/mol. The van der Waals surface area contributed by atoms with Gasteiger partial charge in [0, 0.05) is 25.2 Å². The molecule has 2 N–H and O–H groups in total. The first-order chi connectivity index (χ1) is 11.1. The van der Waals surface area contributed by atoms with Crippen LogP contribution in [0.1, 0.15) is 18.1 Å². The van der Waals surface area contributed by atoms with Gasteiger partial charge in [-0.2, -0.15) is 0 Å². The quantitative estimate of drug-likeness (QED) is 0.822. The van der Waals surface area contributed by atoms with Crippen LogP contribution in [0.2, 0.25) is 0 Å². The first-order valence-corrected chi connectivity index (χ1v) is 7.89. The average molecular weight is 310 g/mol. The average Bonchev–Trinajstić information content (AvgIpc) is 2.56. The number of amidine groups is 1. The summed E-state index contributed by atoms with van der Waals surface area (Å²) < 4.78 is 0. The smallest absolute Gasteiger partial charge is 0.130 e. The predicted molar refractivity (Wildman–Crippen MR) is 99.2 cm³/mol. The zero-order valence-electron chi connectivity index (χ0n) is 14.5. The number of rotatable bonds is 5. The van der Waals surface area contributed by atoms with E-state index in [4.69, 9.17) is 4.99 Å². The third-order valence-corrected chi connectivity index (χ3v) is 3.96. The van der Waals surface area contributed by atoms with Gasteiger partial charge in [0.05, 0.1) is 12.2 Å². The standard InChI is InChI=1S/C19H26N4/c1-6-14(2)19-22-17(16-10-8-7-9-15(16)3)13-18(23(19)5)21-12-11-20-4/h6-10,13,20,22H,1,11-12H2,2-5H3/b19-14-,21-18?. The van der Waals surface area contributed by atoms with Crippen molar-refractivity contribution in [3.05, 3.63) is 65.5 Å². The molecule has 1 aromatic rings. The van der Waals surface area contributed by atoms with Crippen LogP contribution in [0, 0.1) is 6.92 Å². The van der Waals surface area contributed by atoms with Crippen molar-refractivity contribution in [2.24, 2.45) is 4.99 Å². The van der Waals surface area contributed by atoms with Gasteiger partial charge in [0.2, 0.25) is 0 Å². The molecule has 1 heterocycles. The maximum absolute atomic E-state index is 4.72. The molecule has 23 heavy (non-hydrogen) atoms. The highest BCUT2D eigenvalue weighted by molar-refractivity contribution is 6.02. The van der Waals surface area contributed by atoms with Gasteiger partial charge in [0.25, 0.3) is 0 Å². The van der Waals surface area contributed by atoms with E-state index in [1.54, 1.807) is 0 Å². The van der Waals surface area contributed by atoms with Gasteiger partial charge in [-0.05, 0) is 32.0 Å². The van der Waals surface area contributed by atoms with Crippen LogP contribution in [0.3, 0.4) is 0 Å². The first-order valence-electron chi connectivity index (χ1n) is 7.89. The Hall–Kier alpha value is -2.33. The van der Waals surface area contributed by atoms with E-state index in [-0.39, 0.29) is 0 Å². The lowest BCUT2D eigenvalue weighted by molar-refractivity contribution is 0.570. The summed E-state index contributed by atoms with van der Waals surface area (Å²) in [5, 5.41) is 6.66. The van der Waals surface area contributed by atoms with E-state index < -0.39 is 0 Å². The van der Waals surface area contributed by atoms with Crippen LogP contribution in [0.15, 0.2) is 59.4 Å². The lowest BCUT2D eigenvalue weighted by Gasteiger charge is -2.32. The minimum absolute atomic E-state index is 0.744. The molecule has 1 aromatic carbocycles. The third kappa shape index (κ3) is 3.90. The number of benzene rings is 1. The molecule has 0 unspecified atom stereocenters. The maximum Gasteiger partial charge on any atom is 0.130 e. The zero-order chi connectivity index (χ0) is 16.8. The molecule has 0 aliphatic carbocycles. The van der Waals surface area contributed by atoms with E-state index in [1.165, 1.54) is 11.1 Å². The normalized spacial score (nSPS) is 18.5. The summed E-state index contributed by atoms with van der Waals surface area (Å²) in [6.07, 6.45) is 3.97. The molecule has 2 rings (SSSR count). The molecule has 0 bridgehead atoms. The molecule has 0 fully saturated rings. The molecule has 1 aliphatic rings. The molecule has 4 nitrogen and oxygen atoms in total. The summed E-state index contributed by atoms with van der Waals surface area (Å²) in [5.41, 5.74) is 4.59. The summed E-state index contributed by atoms with van der Waals surface area (Å²) in [6.45, 7) is 9.67. The van der Waals surface area contributed by atoms with Crippen molar-refractivity contribution in [1.82, 2.24) is 15.5 Å². The van der Waals surface area contributed by atoms with Crippen LogP contribution in [-0.2, 0) is 0 Å². The van der Waals surface area contributed by atoms with Crippen molar-refractivity contribution < 1.29 is 0 Å².